The molecule has 2 nitrogen and oxygen atoms in total. The van der Waals surface area contributed by atoms with Crippen LogP contribution in [0.2, 0.25) is 19.6 Å². The number of hydrogen-bond acceptors (Lipinski definition) is 2. The summed E-state index contributed by atoms with van der Waals surface area (Å²) in [6.07, 6.45) is 0. The highest BCUT2D eigenvalue weighted by Gasteiger charge is 2.25. The lowest BCUT2D eigenvalue weighted by molar-refractivity contribution is 0.0714. The van der Waals surface area contributed by atoms with Crippen LogP contribution in [0.5, 0.6) is 0 Å². The molecule has 0 saturated carbocycles. The molecule has 0 fully saturated rings. The Morgan fingerprint density at radius 1 is 1.20 bits per heavy atom. The SMILES string of the molecule is C[Si](C)(C)OC(=O)c1c(F)cccc1F. The Kier molecular flexibility index (Phi) is 3.24. The quantitative estimate of drug-likeness (QED) is 0.730. The first-order valence-corrected chi connectivity index (χ1v) is 7.89. The van der Waals surface area contributed by atoms with Crippen LogP contribution in [0.4, 0.5) is 8.78 Å². The Balaban J connectivity index is 3.02. The Labute approximate surface area is 88.0 Å². The van der Waals surface area contributed by atoms with E-state index in [-0.39, 0.29) is 0 Å². The Morgan fingerprint density at radius 3 is 2.07 bits per heavy atom. The van der Waals surface area contributed by atoms with Crippen molar-refractivity contribution < 1.29 is 18.0 Å². The molecule has 0 aromatic heterocycles. The van der Waals surface area contributed by atoms with Gasteiger partial charge in [0.15, 0.2) is 0 Å². The lowest BCUT2D eigenvalue weighted by atomic mass is 10.2. The summed E-state index contributed by atoms with van der Waals surface area (Å²) < 4.78 is 31.3. The fourth-order valence-electron chi connectivity index (χ4n) is 1.02. The first-order chi connectivity index (χ1) is 6.81. The number of benzene rings is 1. The minimum Gasteiger partial charge on any atom is -0.516 e. The van der Waals surface area contributed by atoms with Gasteiger partial charge in [-0.2, -0.15) is 0 Å². The van der Waals surface area contributed by atoms with Crippen LogP contribution in [0.15, 0.2) is 18.2 Å². The maximum Gasteiger partial charge on any atom is 0.330 e. The third-order valence-corrected chi connectivity index (χ3v) is 2.36. The van der Waals surface area contributed by atoms with Gasteiger partial charge in [0.1, 0.15) is 17.2 Å². The first kappa shape index (κ1) is 11.8. The molecular weight excluding hydrogens is 218 g/mol. The summed E-state index contributed by atoms with van der Waals surface area (Å²) in [6.45, 7) is 5.30. The van der Waals surface area contributed by atoms with Crippen molar-refractivity contribution in [3.63, 3.8) is 0 Å². The maximum atomic E-state index is 13.2. The van der Waals surface area contributed by atoms with Gasteiger partial charge in [-0.05, 0) is 31.8 Å². The van der Waals surface area contributed by atoms with Crippen molar-refractivity contribution in [1.82, 2.24) is 0 Å². The molecule has 5 heteroatoms. The second-order valence-electron chi connectivity index (χ2n) is 4.10. The summed E-state index contributed by atoms with van der Waals surface area (Å²) in [7, 11) is -2.13. The van der Waals surface area contributed by atoms with E-state index in [9.17, 15) is 13.6 Å². The van der Waals surface area contributed by atoms with E-state index in [1.54, 1.807) is 19.6 Å². The van der Waals surface area contributed by atoms with Crippen molar-refractivity contribution in [2.75, 3.05) is 0 Å². The summed E-state index contributed by atoms with van der Waals surface area (Å²) in [5.41, 5.74) is -0.611. The predicted molar refractivity (Wildman–Crippen MR) is 55.1 cm³/mol. The first-order valence-electron chi connectivity index (χ1n) is 4.48. The van der Waals surface area contributed by atoms with Crippen molar-refractivity contribution in [3.8, 4) is 0 Å². The molecule has 0 aliphatic heterocycles. The minimum atomic E-state index is -2.13. The van der Waals surface area contributed by atoms with E-state index in [0.29, 0.717) is 0 Å². The molecule has 0 unspecified atom stereocenters. The van der Waals surface area contributed by atoms with Crippen LogP contribution in [0.3, 0.4) is 0 Å². The molecular formula is C10H12F2O2Si. The van der Waals surface area contributed by atoms with Gasteiger partial charge in [-0.3, -0.25) is 0 Å². The highest BCUT2D eigenvalue weighted by atomic mass is 28.4. The normalized spacial score (nSPS) is 11.3. The van der Waals surface area contributed by atoms with Gasteiger partial charge in [-0.25, -0.2) is 13.6 Å². The van der Waals surface area contributed by atoms with E-state index in [0.717, 1.165) is 12.1 Å². The number of halogens is 2. The van der Waals surface area contributed by atoms with Crippen LogP contribution in [-0.2, 0) is 4.43 Å². The second-order valence-corrected chi connectivity index (χ2v) is 8.53. The number of hydrogen-bond donors (Lipinski definition) is 0. The minimum absolute atomic E-state index is 0.611. The Hall–Kier alpha value is -1.23. The third-order valence-electron chi connectivity index (χ3n) is 1.57. The summed E-state index contributed by atoms with van der Waals surface area (Å²) in [5, 5.41) is 0. The average molecular weight is 230 g/mol. The molecule has 0 aliphatic carbocycles. The molecule has 0 atom stereocenters. The van der Waals surface area contributed by atoms with Crippen LogP contribution in [0.1, 0.15) is 10.4 Å². The zero-order valence-electron chi connectivity index (χ0n) is 8.80. The fourth-order valence-corrected chi connectivity index (χ4v) is 1.68. The van der Waals surface area contributed by atoms with Crippen molar-refractivity contribution in [2.24, 2.45) is 0 Å². The fraction of sp³-hybridized carbons (Fsp3) is 0.300. The summed E-state index contributed by atoms with van der Waals surface area (Å²) in [4.78, 5) is 11.4. The van der Waals surface area contributed by atoms with Gasteiger partial charge in [-0.15, -0.1) is 0 Å². The molecule has 0 amide bonds. The van der Waals surface area contributed by atoms with Crippen LogP contribution in [0, 0.1) is 11.6 Å². The van der Waals surface area contributed by atoms with Crippen molar-refractivity contribution >= 4 is 14.3 Å². The van der Waals surface area contributed by atoms with E-state index < -0.39 is 31.5 Å². The lowest BCUT2D eigenvalue weighted by Crippen LogP contribution is -2.30. The van der Waals surface area contributed by atoms with Crippen LogP contribution >= 0.6 is 0 Å². The van der Waals surface area contributed by atoms with Crippen molar-refractivity contribution in [3.05, 3.63) is 35.4 Å². The molecule has 1 aromatic rings. The van der Waals surface area contributed by atoms with Crippen LogP contribution in [-0.4, -0.2) is 14.3 Å². The monoisotopic (exact) mass is 230 g/mol. The van der Waals surface area contributed by atoms with E-state index in [4.69, 9.17) is 4.43 Å². The average Bonchev–Trinajstić information content (AvgIpc) is 1.99. The zero-order chi connectivity index (χ0) is 11.6. The standard InChI is InChI=1S/C10H12F2O2Si/c1-15(2,3)14-10(13)9-7(11)5-4-6-8(9)12/h4-6H,1-3H3. The molecule has 82 valence electrons. The Bertz CT molecular complexity index is 365. The van der Waals surface area contributed by atoms with Gasteiger partial charge >= 0.3 is 5.97 Å². The van der Waals surface area contributed by atoms with Gasteiger partial charge in [0, 0.05) is 0 Å². The van der Waals surface area contributed by atoms with E-state index in [1.807, 2.05) is 0 Å². The molecule has 15 heavy (non-hydrogen) atoms. The van der Waals surface area contributed by atoms with Crippen LogP contribution in [0.25, 0.3) is 0 Å². The van der Waals surface area contributed by atoms with E-state index in [2.05, 4.69) is 0 Å². The molecule has 0 heterocycles. The lowest BCUT2D eigenvalue weighted by Gasteiger charge is -2.17. The molecule has 1 aromatic carbocycles. The van der Waals surface area contributed by atoms with E-state index in [1.165, 1.54) is 6.07 Å². The number of carbonyl (C=O) groups excluding carboxylic acids is 1. The maximum absolute atomic E-state index is 13.2. The molecule has 0 N–H and O–H groups in total. The van der Waals surface area contributed by atoms with Crippen LogP contribution < -0.4 is 0 Å². The highest BCUT2D eigenvalue weighted by Crippen LogP contribution is 2.15. The topological polar surface area (TPSA) is 26.3 Å². The molecule has 0 bridgehead atoms. The van der Waals surface area contributed by atoms with Gasteiger partial charge in [-0.1, -0.05) is 6.07 Å². The summed E-state index contributed by atoms with van der Waals surface area (Å²) >= 11 is 0. The van der Waals surface area contributed by atoms with E-state index >= 15 is 0 Å². The molecule has 0 saturated heterocycles. The number of carbonyl (C=O) groups is 1. The van der Waals surface area contributed by atoms with Crippen molar-refractivity contribution in [2.45, 2.75) is 19.6 Å². The van der Waals surface area contributed by atoms with Gasteiger partial charge < -0.3 is 4.43 Å². The predicted octanol–water partition coefficient (Wildman–Crippen LogP) is 2.96. The van der Waals surface area contributed by atoms with Gasteiger partial charge in [0.05, 0.1) is 0 Å². The Morgan fingerprint density at radius 2 is 1.67 bits per heavy atom. The van der Waals surface area contributed by atoms with Gasteiger partial charge in [0.25, 0.3) is 0 Å². The highest BCUT2D eigenvalue weighted by molar-refractivity contribution is 6.71. The summed E-state index contributed by atoms with van der Waals surface area (Å²) in [5.74, 6) is -2.71. The molecule has 1 rings (SSSR count). The zero-order valence-corrected chi connectivity index (χ0v) is 9.80. The van der Waals surface area contributed by atoms with Gasteiger partial charge in [0.2, 0.25) is 8.32 Å². The smallest absolute Gasteiger partial charge is 0.330 e. The van der Waals surface area contributed by atoms with Crippen molar-refractivity contribution in [1.29, 1.82) is 0 Å². The summed E-state index contributed by atoms with van der Waals surface area (Å²) in [6, 6.07) is 3.27. The molecule has 0 aliphatic rings. The molecule has 0 spiro atoms. The number of rotatable bonds is 2. The molecule has 0 radical (unpaired) electrons. The third kappa shape index (κ3) is 3.12. The second kappa shape index (κ2) is 4.10. The largest absolute Gasteiger partial charge is 0.516 e.